The quantitative estimate of drug-likeness (QED) is 0.167. The first-order valence-electron chi connectivity index (χ1n) is 22.9. The van der Waals surface area contributed by atoms with Crippen LogP contribution in [0.4, 0.5) is 0 Å². The van der Waals surface area contributed by atoms with Crippen LogP contribution in [0.25, 0.3) is 101 Å². The molecule has 68 heavy (non-hydrogen) atoms. The fraction of sp³-hybridized carbons (Fsp3) is 0.0159. The molecular formula is C63H38N2O3. The Morgan fingerprint density at radius 2 is 0.691 bits per heavy atom. The normalized spacial score (nSPS) is 12.9. The molecule has 5 heteroatoms. The largest absolute Gasteiger partial charge is 0.457 e. The maximum Gasteiger partial charge on any atom is 0.227 e. The van der Waals surface area contributed by atoms with Gasteiger partial charge in [-0.25, -0.2) is 9.97 Å². The minimum absolute atomic E-state index is 0.527. The fourth-order valence-corrected chi connectivity index (χ4v) is 10.6. The second kappa shape index (κ2) is 15.0. The van der Waals surface area contributed by atoms with Gasteiger partial charge in [0.15, 0.2) is 11.2 Å². The highest BCUT2D eigenvalue weighted by Gasteiger charge is 2.51. The van der Waals surface area contributed by atoms with E-state index in [9.17, 15) is 0 Å². The summed E-state index contributed by atoms with van der Waals surface area (Å²) in [6, 6.07) is 81.3. The van der Waals surface area contributed by atoms with Gasteiger partial charge in [0.1, 0.15) is 22.5 Å². The Bertz CT molecular complexity index is 3760. The summed E-state index contributed by atoms with van der Waals surface area (Å²) in [7, 11) is 0. The molecule has 14 rings (SSSR count). The van der Waals surface area contributed by atoms with Crippen molar-refractivity contribution in [3.63, 3.8) is 0 Å². The summed E-state index contributed by atoms with van der Waals surface area (Å²) in [5.41, 5.74) is 20.6. The maximum atomic E-state index is 6.60. The number of benzene rings is 10. The van der Waals surface area contributed by atoms with E-state index in [1.165, 1.54) is 22.3 Å². The number of nitrogens with zero attached hydrogens (tertiary/aromatic N) is 2. The van der Waals surface area contributed by atoms with Gasteiger partial charge in [-0.1, -0.05) is 146 Å². The molecule has 2 aromatic heterocycles. The van der Waals surface area contributed by atoms with Crippen molar-refractivity contribution < 1.29 is 13.6 Å². The molecule has 0 saturated heterocycles. The number of rotatable bonds is 6. The van der Waals surface area contributed by atoms with Crippen molar-refractivity contribution in [2.75, 3.05) is 0 Å². The molecule has 0 N–H and O–H groups in total. The van der Waals surface area contributed by atoms with Gasteiger partial charge in [0, 0.05) is 22.3 Å². The predicted octanol–water partition coefficient (Wildman–Crippen LogP) is 16.4. The zero-order chi connectivity index (χ0) is 44.8. The summed E-state index contributed by atoms with van der Waals surface area (Å²) >= 11 is 0. The van der Waals surface area contributed by atoms with Gasteiger partial charge < -0.3 is 13.6 Å². The monoisotopic (exact) mass is 870 g/mol. The molecule has 2 aliphatic rings. The van der Waals surface area contributed by atoms with Crippen molar-refractivity contribution in [1.82, 2.24) is 9.97 Å². The number of para-hydroxylation sites is 2. The lowest BCUT2D eigenvalue weighted by Gasteiger charge is -2.39. The van der Waals surface area contributed by atoms with E-state index < -0.39 is 5.41 Å². The highest BCUT2D eigenvalue weighted by molar-refractivity contribution is 5.92. The van der Waals surface area contributed by atoms with Crippen LogP contribution in [0.15, 0.2) is 239 Å². The molecular weight excluding hydrogens is 833 g/mol. The van der Waals surface area contributed by atoms with Crippen LogP contribution < -0.4 is 4.74 Å². The minimum atomic E-state index is -0.527. The topological polar surface area (TPSA) is 61.3 Å². The van der Waals surface area contributed by atoms with Crippen molar-refractivity contribution in [1.29, 1.82) is 0 Å². The molecule has 318 valence electrons. The van der Waals surface area contributed by atoms with Gasteiger partial charge in [-0.3, -0.25) is 0 Å². The van der Waals surface area contributed by atoms with E-state index in [4.69, 9.17) is 23.5 Å². The van der Waals surface area contributed by atoms with Crippen LogP contribution in [0.1, 0.15) is 22.3 Å². The number of ether oxygens (including phenoxy) is 1. The Morgan fingerprint density at radius 1 is 0.279 bits per heavy atom. The maximum absolute atomic E-state index is 6.60. The van der Waals surface area contributed by atoms with Gasteiger partial charge in [0.25, 0.3) is 0 Å². The van der Waals surface area contributed by atoms with Gasteiger partial charge in [-0.05, 0) is 152 Å². The second-order valence-electron chi connectivity index (χ2n) is 17.7. The average molecular weight is 871 g/mol. The van der Waals surface area contributed by atoms with E-state index in [1.54, 1.807) is 0 Å². The van der Waals surface area contributed by atoms with Crippen LogP contribution >= 0.6 is 0 Å². The highest BCUT2D eigenvalue weighted by atomic mass is 16.5. The van der Waals surface area contributed by atoms with Crippen molar-refractivity contribution in [3.8, 4) is 90.0 Å². The van der Waals surface area contributed by atoms with Crippen molar-refractivity contribution in [2.45, 2.75) is 5.41 Å². The molecule has 0 amide bonds. The fourth-order valence-electron chi connectivity index (χ4n) is 10.6. The summed E-state index contributed by atoms with van der Waals surface area (Å²) in [4.78, 5) is 9.84. The number of fused-ring (bicyclic) bond motifs is 11. The Labute approximate surface area is 392 Å². The molecule has 0 atom stereocenters. The third-order valence-corrected chi connectivity index (χ3v) is 13.8. The van der Waals surface area contributed by atoms with E-state index in [0.717, 1.165) is 100 Å². The lowest BCUT2D eigenvalue weighted by atomic mass is 9.66. The molecule has 12 aromatic rings. The van der Waals surface area contributed by atoms with E-state index in [1.807, 2.05) is 72.8 Å². The van der Waals surface area contributed by atoms with Gasteiger partial charge in [-0.2, -0.15) is 0 Å². The number of hydrogen-bond donors (Lipinski definition) is 0. The Kier molecular flexibility index (Phi) is 8.43. The molecule has 0 fully saturated rings. The van der Waals surface area contributed by atoms with Gasteiger partial charge in [-0.15, -0.1) is 0 Å². The molecule has 1 aliphatic carbocycles. The molecule has 1 spiro atoms. The lowest BCUT2D eigenvalue weighted by molar-refractivity contribution is 0.436. The third kappa shape index (κ3) is 5.96. The van der Waals surface area contributed by atoms with Crippen molar-refractivity contribution >= 4 is 22.2 Å². The van der Waals surface area contributed by atoms with Crippen LogP contribution in [0, 0.1) is 0 Å². The van der Waals surface area contributed by atoms with E-state index in [0.29, 0.717) is 11.8 Å². The Morgan fingerprint density at radius 3 is 1.25 bits per heavy atom. The summed E-state index contributed by atoms with van der Waals surface area (Å²) in [6.45, 7) is 0. The van der Waals surface area contributed by atoms with Gasteiger partial charge in [0.2, 0.25) is 11.8 Å². The standard InChI is InChI=1S/C63H38N2O3/c1-3-13-41(14-4-1)61-64-55-37-44(28-31-59(55)67-61)47-33-46(34-48(35-47)45-29-32-60-56(38-45)65-62(68-60)42-15-5-2-6-16-42)40-25-23-39(24-26-40)43-27-30-50-49-17-7-8-18-51(49)63(54(50)36-43)52-19-9-11-21-57(52)66-58-22-12-10-20-53(58)63/h1-38H. The predicted molar refractivity (Wildman–Crippen MR) is 272 cm³/mol. The number of oxazole rings is 2. The van der Waals surface area contributed by atoms with Crippen LogP contribution in [0.3, 0.4) is 0 Å². The molecule has 10 aromatic carbocycles. The lowest BCUT2D eigenvalue weighted by Crippen LogP contribution is -2.32. The SMILES string of the molecule is c1ccc(-c2nc3cc(-c4cc(-c5ccc(-c6ccc7c(c6)C6(c8ccccc8Oc8ccccc86)c6ccccc6-7)cc5)cc(-c5ccc6oc(-c7ccccc7)nc6c5)c4)ccc3o2)cc1. The van der Waals surface area contributed by atoms with Crippen LogP contribution in [0.5, 0.6) is 11.5 Å². The first-order chi connectivity index (χ1) is 33.6. The molecule has 0 bridgehead atoms. The zero-order valence-electron chi connectivity index (χ0n) is 36.6. The summed E-state index contributed by atoms with van der Waals surface area (Å²) in [5, 5.41) is 0. The Balaban J connectivity index is 0.883. The first-order valence-corrected chi connectivity index (χ1v) is 22.9. The number of aromatic nitrogens is 2. The van der Waals surface area contributed by atoms with Crippen molar-refractivity contribution in [3.05, 3.63) is 253 Å². The number of hydrogen-bond acceptors (Lipinski definition) is 5. The average Bonchev–Trinajstić information content (AvgIpc) is 4.12. The third-order valence-electron chi connectivity index (χ3n) is 13.8. The highest BCUT2D eigenvalue weighted by Crippen LogP contribution is 2.62. The van der Waals surface area contributed by atoms with E-state index >= 15 is 0 Å². The Hall–Kier alpha value is -9.06. The molecule has 3 heterocycles. The van der Waals surface area contributed by atoms with Crippen LogP contribution in [-0.2, 0) is 5.41 Å². The van der Waals surface area contributed by atoms with E-state index in [-0.39, 0.29) is 0 Å². The van der Waals surface area contributed by atoms with Crippen LogP contribution in [0.2, 0.25) is 0 Å². The summed E-state index contributed by atoms with van der Waals surface area (Å²) in [6.07, 6.45) is 0. The molecule has 1 aliphatic heterocycles. The van der Waals surface area contributed by atoms with Gasteiger partial charge >= 0.3 is 0 Å². The summed E-state index contributed by atoms with van der Waals surface area (Å²) < 4.78 is 19.0. The minimum Gasteiger partial charge on any atom is -0.457 e. The van der Waals surface area contributed by atoms with E-state index in [2.05, 4.69) is 158 Å². The molecule has 0 unspecified atom stereocenters. The molecule has 0 saturated carbocycles. The molecule has 5 nitrogen and oxygen atoms in total. The first kappa shape index (κ1) is 38.2. The van der Waals surface area contributed by atoms with Crippen LogP contribution in [-0.4, -0.2) is 9.97 Å². The second-order valence-corrected chi connectivity index (χ2v) is 17.7. The smallest absolute Gasteiger partial charge is 0.227 e. The zero-order valence-corrected chi connectivity index (χ0v) is 36.6. The summed E-state index contributed by atoms with van der Waals surface area (Å²) in [5.74, 6) is 2.99. The molecule has 0 radical (unpaired) electrons. The van der Waals surface area contributed by atoms with Gasteiger partial charge in [0.05, 0.1) is 5.41 Å². The van der Waals surface area contributed by atoms with Crippen molar-refractivity contribution in [2.24, 2.45) is 0 Å².